The van der Waals surface area contributed by atoms with Crippen LogP contribution in [-0.4, -0.2) is 49.6 Å². The number of rotatable bonds is 11. The fraction of sp³-hybridized carbons (Fsp3) is 0.765. The summed E-state index contributed by atoms with van der Waals surface area (Å²) in [6, 6.07) is -0.832. The van der Waals surface area contributed by atoms with E-state index in [-0.39, 0.29) is 26.1 Å². The van der Waals surface area contributed by atoms with Crippen molar-refractivity contribution >= 4 is 23.7 Å². The van der Waals surface area contributed by atoms with Crippen LogP contribution in [0.2, 0.25) is 0 Å². The number of amides is 2. The number of urea groups is 1. The number of ether oxygens (including phenoxy) is 3. The molecule has 0 bridgehead atoms. The van der Waals surface area contributed by atoms with Crippen LogP contribution in [0.15, 0.2) is 5.10 Å². The maximum atomic E-state index is 12.5. The van der Waals surface area contributed by atoms with Crippen molar-refractivity contribution in [2.45, 2.75) is 59.0 Å². The first-order valence-corrected chi connectivity index (χ1v) is 8.90. The highest BCUT2D eigenvalue weighted by Crippen LogP contribution is 2.39. The number of hydrogen-bond acceptors (Lipinski definition) is 7. The summed E-state index contributed by atoms with van der Waals surface area (Å²) in [4.78, 5) is 35.7. The number of nitrogens with two attached hydrogens (primary N) is 1. The van der Waals surface area contributed by atoms with E-state index in [1.165, 1.54) is 0 Å². The number of nitrogens with zero attached hydrogens (tertiary/aromatic N) is 1. The number of hydrogen-bond donors (Lipinski definition) is 2. The number of cyclic esters (lactones) is 1. The summed E-state index contributed by atoms with van der Waals surface area (Å²) < 4.78 is 16.0. The summed E-state index contributed by atoms with van der Waals surface area (Å²) >= 11 is 0. The van der Waals surface area contributed by atoms with Crippen LogP contribution in [-0.2, 0) is 23.8 Å². The zero-order chi connectivity index (χ0) is 19.6. The molecule has 1 saturated heterocycles. The molecule has 0 radical (unpaired) electrons. The highest BCUT2D eigenvalue weighted by Gasteiger charge is 2.56. The molecule has 0 spiro atoms. The van der Waals surface area contributed by atoms with E-state index in [0.717, 1.165) is 19.3 Å². The van der Waals surface area contributed by atoms with Crippen molar-refractivity contribution in [3.8, 4) is 0 Å². The lowest BCUT2D eigenvalue weighted by molar-refractivity contribution is -0.164. The Morgan fingerprint density at radius 1 is 1.38 bits per heavy atom. The van der Waals surface area contributed by atoms with Crippen LogP contribution in [0.5, 0.6) is 0 Å². The van der Waals surface area contributed by atoms with Crippen molar-refractivity contribution in [1.82, 2.24) is 5.43 Å². The lowest BCUT2D eigenvalue weighted by atomic mass is 9.80. The van der Waals surface area contributed by atoms with Gasteiger partial charge in [0.15, 0.2) is 5.41 Å². The minimum Gasteiger partial charge on any atom is -0.465 e. The Morgan fingerprint density at radius 2 is 2.12 bits per heavy atom. The highest BCUT2D eigenvalue weighted by atomic mass is 16.6. The van der Waals surface area contributed by atoms with Crippen LogP contribution < -0.4 is 11.2 Å². The monoisotopic (exact) mass is 371 g/mol. The lowest BCUT2D eigenvalue weighted by Gasteiger charge is -2.22. The Morgan fingerprint density at radius 3 is 2.73 bits per heavy atom. The van der Waals surface area contributed by atoms with Gasteiger partial charge in [-0.25, -0.2) is 10.2 Å². The van der Waals surface area contributed by atoms with E-state index in [4.69, 9.17) is 19.9 Å². The van der Waals surface area contributed by atoms with Gasteiger partial charge in [0, 0.05) is 25.2 Å². The molecule has 2 atom stereocenters. The molecule has 0 aliphatic carbocycles. The minimum absolute atomic E-state index is 0.0305. The second-order valence-corrected chi connectivity index (χ2v) is 6.32. The topological polar surface area (TPSA) is 129 Å². The Balaban J connectivity index is 2.79. The molecule has 0 aromatic carbocycles. The summed E-state index contributed by atoms with van der Waals surface area (Å²) in [6.45, 7) is 6.30. The van der Waals surface area contributed by atoms with Crippen molar-refractivity contribution in [2.24, 2.45) is 16.3 Å². The Kier molecular flexibility index (Phi) is 9.04. The summed E-state index contributed by atoms with van der Waals surface area (Å²) in [6.07, 6.45) is 2.68. The molecule has 1 rings (SSSR count). The van der Waals surface area contributed by atoms with Crippen LogP contribution in [0.4, 0.5) is 4.79 Å². The summed E-state index contributed by atoms with van der Waals surface area (Å²) in [5.41, 5.74) is 5.93. The molecule has 0 aromatic rings. The number of nitrogens with one attached hydrogen (secondary N) is 1. The van der Waals surface area contributed by atoms with Gasteiger partial charge in [-0.1, -0.05) is 19.8 Å². The van der Waals surface area contributed by atoms with Crippen LogP contribution >= 0.6 is 0 Å². The highest BCUT2D eigenvalue weighted by molar-refractivity contribution is 6.05. The second-order valence-electron chi connectivity index (χ2n) is 6.32. The molecule has 1 fully saturated rings. The fourth-order valence-electron chi connectivity index (χ4n) is 2.82. The van der Waals surface area contributed by atoms with Crippen molar-refractivity contribution in [3.63, 3.8) is 0 Å². The number of carbonyl (C=O) groups is 3. The number of primary amides is 1. The van der Waals surface area contributed by atoms with Gasteiger partial charge in [-0.2, -0.15) is 5.10 Å². The van der Waals surface area contributed by atoms with Crippen LogP contribution in [0.1, 0.15) is 52.9 Å². The van der Waals surface area contributed by atoms with Gasteiger partial charge in [-0.15, -0.1) is 0 Å². The standard InChI is InChI=1S/C17H29N3O6/c1-4-6-7-8-24-11-13-10-17(15(22)26-13,14(21)25-5-2)9-12(3)19-20-16(18)23/h13H,4-11H2,1-3H3,(H3,18,20,23)/b19-12-/t13-,17+/m0/s1. The lowest BCUT2D eigenvalue weighted by Crippen LogP contribution is -2.39. The van der Waals surface area contributed by atoms with Crippen LogP contribution in [0.25, 0.3) is 0 Å². The molecule has 9 nitrogen and oxygen atoms in total. The summed E-state index contributed by atoms with van der Waals surface area (Å²) in [5.74, 6) is -1.32. The number of hydrazone groups is 1. The molecular weight excluding hydrogens is 342 g/mol. The molecule has 0 aromatic heterocycles. The molecule has 148 valence electrons. The fourth-order valence-corrected chi connectivity index (χ4v) is 2.82. The molecule has 1 aliphatic rings. The largest absolute Gasteiger partial charge is 0.465 e. The third-order valence-electron chi connectivity index (χ3n) is 4.02. The molecule has 9 heteroatoms. The predicted molar refractivity (Wildman–Crippen MR) is 94.4 cm³/mol. The molecule has 0 unspecified atom stereocenters. The van der Waals surface area contributed by atoms with Crippen molar-refractivity contribution in [1.29, 1.82) is 0 Å². The van der Waals surface area contributed by atoms with Crippen LogP contribution in [0, 0.1) is 5.41 Å². The van der Waals surface area contributed by atoms with E-state index in [9.17, 15) is 14.4 Å². The average Bonchev–Trinajstić information content (AvgIpc) is 2.89. The van der Waals surface area contributed by atoms with Gasteiger partial charge in [-0.05, 0) is 20.3 Å². The Bertz CT molecular complexity index is 537. The predicted octanol–water partition coefficient (Wildman–Crippen LogP) is 1.49. The smallest absolute Gasteiger partial charge is 0.332 e. The molecular formula is C17H29N3O6. The Hall–Kier alpha value is -2.16. The first-order valence-electron chi connectivity index (χ1n) is 8.90. The van der Waals surface area contributed by atoms with E-state index >= 15 is 0 Å². The molecule has 3 N–H and O–H groups in total. The third kappa shape index (κ3) is 6.29. The zero-order valence-electron chi connectivity index (χ0n) is 15.7. The van der Waals surface area contributed by atoms with Gasteiger partial charge < -0.3 is 19.9 Å². The third-order valence-corrected chi connectivity index (χ3v) is 4.02. The second kappa shape index (κ2) is 10.7. The van der Waals surface area contributed by atoms with Crippen LogP contribution in [0.3, 0.4) is 0 Å². The molecule has 1 heterocycles. The number of unbranched alkanes of at least 4 members (excludes halogenated alkanes) is 2. The van der Waals surface area contributed by atoms with Crippen molar-refractivity contribution in [2.75, 3.05) is 19.8 Å². The quantitative estimate of drug-likeness (QED) is 0.186. The first kappa shape index (κ1) is 21.9. The summed E-state index contributed by atoms with van der Waals surface area (Å²) in [5, 5.41) is 3.78. The van der Waals surface area contributed by atoms with Crippen molar-refractivity contribution < 1.29 is 28.6 Å². The molecule has 0 saturated carbocycles. The van der Waals surface area contributed by atoms with Gasteiger partial charge in [0.1, 0.15) is 6.10 Å². The van der Waals surface area contributed by atoms with Gasteiger partial charge in [0.05, 0.1) is 13.2 Å². The van der Waals surface area contributed by atoms with E-state index in [1.54, 1.807) is 13.8 Å². The van der Waals surface area contributed by atoms with E-state index < -0.39 is 29.5 Å². The maximum absolute atomic E-state index is 12.5. The van der Waals surface area contributed by atoms with Gasteiger partial charge in [0.25, 0.3) is 0 Å². The zero-order valence-corrected chi connectivity index (χ0v) is 15.7. The van der Waals surface area contributed by atoms with Gasteiger partial charge >= 0.3 is 18.0 Å². The van der Waals surface area contributed by atoms with Gasteiger partial charge in [-0.3, -0.25) is 9.59 Å². The van der Waals surface area contributed by atoms with E-state index in [0.29, 0.717) is 12.3 Å². The average molecular weight is 371 g/mol. The Labute approximate surface area is 153 Å². The molecule has 26 heavy (non-hydrogen) atoms. The van der Waals surface area contributed by atoms with Crippen molar-refractivity contribution in [3.05, 3.63) is 0 Å². The maximum Gasteiger partial charge on any atom is 0.332 e. The van der Waals surface area contributed by atoms with Gasteiger partial charge in [0.2, 0.25) is 0 Å². The molecule has 1 aliphatic heterocycles. The summed E-state index contributed by atoms with van der Waals surface area (Å²) in [7, 11) is 0. The first-order chi connectivity index (χ1) is 12.4. The van der Waals surface area contributed by atoms with E-state index in [2.05, 4.69) is 17.5 Å². The number of esters is 2. The minimum atomic E-state index is -1.49. The number of carbonyl (C=O) groups excluding carboxylic acids is 3. The molecule has 2 amide bonds. The SMILES string of the molecule is CCCCCOC[C@@H]1C[C@](C/C(C)=N\NC(N)=O)(C(=O)OCC)C(=O)O1. The van der Waals surface area contributed by atoms with E-state index in [1.807, 2.05) is 0 Å². The normalized spacial score (nSPS) is 22.8.